The van der Waals surface area contributed by atoms with Gasteiger partial charge in [-0.15, -0.1) is 11.8 Å². The Morgan fingerprint density at radius 2 is 2.21 bits per heavy atom. The number of nitrogens with two attached hydrogens (primary N) is 1. The number of carbonyl (C=O) groups excluding carboxylic acids is 1. The first-order chi connectivity index (χ1) is 9.16. The highest BCUT2D eigenvalue weighted by molar-refractivity contribution is 8.00. The van der Waals surface area contributed by atoms with Gasteiger partial charge in [0.1, 0.15) is 0 Å². The highest BCUT2D eigenvalue weighted by Gasteiger charge is 2.40. The molecule has 2 unspecified atom stereocenters. The molecule has 1 fully saturated rings. The first-order valence-electron chi connectivity index (χ1n) is 6.93. The van der Waals surface area contributed by atoms with Gasteiger partial charge in [0.05, 0.1) is 5.54 Å². The van der Waals surface area contributed by atoms with E-state index in [-0.39, 0.29) is 5.91 Å². The van der Waals surface area contributed by atoms with Crippen LogP contribution in [0.25, 0.3) is 0 Å². The molecule has 0 aliphatic heterocycles. The third-order valence-corrected chi connectivity index (χ3v) is 5.02. The zero-order chi connectivity index (χ0) is 13.7. The van der Waals surface area contributed by atoms with Gasteiger partial charge in [0, 0.05) is 10.1 Å². The Kier molecular flexibility index (Phi) is 4.88. The Hall–Kier alpha value is -1.00. The van der Waals surface area contributed by atoms with E-state index < -0.39 is 5.54 Å². The lowest BCUT2D eigenvalue weighted by Gasteiger charge is -2.38. The largest absolute Gasteiger partial charge is 0.368 e. The van der Waals surface area contributed by atoms with Crippen LogP contribution in [0.1, 0.15) is 32.6 Å². The monoisotopic (exact) mass is 278 g/mol. The summed E-state index contributed by atoms with van der Waals surface area (Å²) in [6, 6.07) is 10.4. The summed E-state index contributed by atoms with van der Waals surface area (Å²) in [5.41, 5.74) is 5.13. The second-order valence-electron chi connectivity index (χ2n) is 5.13. The van der Waals surface area contributed by atoms with Gasteiger partial charge in [0.25, 0.3) is 0 Å². The molecule has 0 heterocycles. The van der Waals surface area contributed by atoms with Crippen molar-refractivity contribution in [2.45, 2.75) is 48.3 Å². The van der Waals surface area contributed by atoms with Crippen molar-refractivity contribution in [1.29, 1.82) is 0 Å². The smallest absolute Gasteiger partial charge is 0.237 e. The van der Waals surface area contributed by atoms with E-state index in [1.54, 1.807) is 0 Å². The van der Waals surface area contributed by atoms with Gasteiger partial charge in [-0.2, -0.15) is 0 Å². The molecule has 1 aliphatic rings. The van der Waals surface area contributed by atoms with Gasteiger partial charge in [0.15, 0.2) is 0 Å². The van der Waals surface area contributed by atoms with Crippen molar-refractivity contribution in [2.75, 3.05) is 6.54 Å². The number of hydrogen-bond acceptors (Lipinski definition) is 3. The van der Waals surface area contributed by atoms with Crippen molar-refractivity contribution in [3.63, 3.8) is 0 Å². The predicted molar refractivity (Wildman–Crippen MR) is 80.2 cm³/mol. The fraction of sp³-hybridized carbons (Fsp3) is 0.533. The van der Waals surface area contributed by atoms with Crippen molar-refractivity contribution in [3.05, 3.63) is 30.3 Å². The molecule has 2 rings (SSSR count). The lowest BCUT2D eigenvalue weighted by Crippen LogP contribution is -2.58. The molecule has 3 nitrogen and oxygen atoms in total. The zero-order valence-corrected chi connectivity index (χ0v) is 12.2. The first kappa shape index (κ1) is 14.4. The molecular weight excluding hydrogens is 256 g/mol. The maximum Gasteiger partial charge on any atom is 0.237 e. The number of amides is 1. The van der Waals surface area contributed by atoms with Gasteiger partial charge in [-0.05, 0) is 44.4 Å². The molecule has 3 N–H and O–H groups in total. The lowest BCUT2D eigenvalue weighted by molar-refractivity contribution is -0.125. The number of hydrogen-bond donors (Lipinski definition) is 2. The standard InChI is InChI=1S/C15H22N2OS/c1-2-17-15(14(16)18)10-6-9-13(11-15)19-12-7-4-3-5-8-12/h3-5,7-8,13,17H,2,6,9-11H2,1H3,(H2,16,18). The van der Waals surface area contributed by atoms with Crippen LogP contribution in [-0.4, -0.2) is 23.2 Å². The molecular formula is C15H22N2OS. The fourth-order valence-electron chi connectivity index (χ4n) is 2.83. The molecule has 2 atom stereocenters. The Bertz CT molecular complexity index is 419. The summed E-state index contributed by atoms with van der Waals surface area (Å²) in [5, 5.41) is 3.79. The molecule has 104 valence electrons. The normalized spacial score (nSPS) is 27.1. The maximum atomic E-state index is 11.8. The number of primary amides is 1. The molecule has 19 heavy (non-hydrogen) atoms. The van der Waals surface area contributed by atoms with Crippen LogP contribution in [0.3, 0.4) is 0 Å². The Morgan fingerprint density at radius 3 is 2.84 bits per heavy atom. The van der Waals surface area contributed by atoms with Crippen LogP contribution in [0.4, 0.5) is 0 Å². The molecule has 1 aromatic carbocycles. The summed E-state index contributed by atoms with van der Waals surface area (Å²) < 4.78 is 0. The third kappa shape index (κ3) is 3.51. The maximum absolute atomic E-state index is 11.8. The Labute approximate surface area is 119 Å². The van der Waals surface area contributed by atoms with Gasteiger partial charge in [0.2, 0.25) is 5.91 Å². The van der Waals surface area contributed by atoms with Crippen LogP contribution < -0.4 is 11.1 Å². The van der Waals surface area contributed by atoms with E-state index in [0.29, 0.717) is 5.25 Å². The van der Waals surface area contributed by atoms with E-state index in [1.807, 2.05) is 24.8 Å². The molecule has 0 bridgehead atoms. The Morgan fingerprint density at radius 1 is 1.47 bits per heavy atom. The molecule has 0 saturated heterocycles. The average molecular weight is 278 g/mol. The summed E-state index contributed by atoms with van der Waals surface area (Å²) in [6.45, 7) is 2.81. The van der Waals surface area contributed by atoms with E-state index >= 15 is 0 Å². The zero-order valence-electron chi connectivity index (χ0n) is 11.4. The van der Waals surface area contributed by atoms with E-state index in [9.17, 15) is 4.79 Å². The molecule has 0 aromatic heterocycles. The van der Waals surface area contributed by atoms with Gasteiger partial charge in [-0.3, -0.25) is 4.79 Å². The van der Waals surface area contributed by atoms with Gasteiger partial charge in [-0.1, -0.05) is 25.1 Å². The van der Waals surface area contributed by atoms with Crippen LogP contribution in [0.5, 0.6) is 0 Å². The highest BCUT2D eigenvalue weighted by atomic mass is 32.2. The molecule has 4 heteroatoms. The number of thioether (sulfide) groups is 1. The summed E-state index contributed by atoms with van der Waals surface area (Å²) >= 11 is 1.86. The number of nitrogens with one attached hydrogen (secondary N) is 1. The summed E-state index contributed by atoms with van der Waals surface area (Å²) in [5.74, 6) is -0.201. The summed E-state index contributed by atoms with van der Waals surface area (Å²) in [7, 11) is 0. The van der Waals surface area contributed by atoms with Gasteiger partial charge in [-0.25, -0.2) is 0 Å². The quantitative estimate of drug-likeness (QED) is 0.870. The number of likely N-dealkylation sites (N-methyl/N-ethyl adjacent to an activating group) is 1. The van der Waals surface area contributed by atoms with Crippen molar-refractivity contribution >= 4 is 17.7 Å². The topological polar surface area (TPSA) is 55.1 Å². The van der Waals surface area contributed by atoms with Crippen LogP contribution >= 0.6 is 11.8 Å². The number of rotatable bonds is 5. The van der Waals surface area contributed by atoms with E-state index in [1.165, 1.54) is 4.90 Å². The van der Waals surface area contributed by atoms with Crippen molar-refractivity contribution in [3.8, 4) is 0 Å². The SMILES string of the molecule is CCNC1(C(N)=O)CCCC(Sc2ccccc2)C1. The van der Waals surface area contributed by atoms with E-state index in [2.05, 4.69) is 29.6 Å². The van der Waals surface area contributed by atoms with Crippen LogP contribution in [0.15, 0.2) is 35.2 Å². The molecule has 0 spiro atoms. The Balaban J connectivity index is 2.05. The van der Waals surface area contributed by atoms with Crippen LogP contribution in [0, 0.1) is 0 Å². The molecule has 1 saturated carbocycles. The minimum absolute atomic E-state index is 0.201. The molecule has 1 aliphatic carbocycles. The molecule has 0 radical (unpaired) electrons. The minimum atomic E-state index is -0.501. The van der Waals surface area contributed by atoms with Gasteiger partial charge < -0.3 is 11.1 Å². The summed E-state index contributed by atoms with van der Waals surface area (Å²) in [6.07, 6.45) is 3.90. The minimum Gasteiger partial charge on any atom is -0.368 e. The van der Waals surface area contributed by atoms with Crippen LogP contribution in [-0.2, 0) is 4.79 Å². The highest BCUT2D eigenvalue weighted by Crippen LogP contribution is 2.38. The van der Waals surface area contributed by atoms with E-state index in [0.717, 1.165) is 32.2 Å². The fourth-order valence-corrected chi connectivity index (χ4v) is 4.18. The van der Waals surface area contributed by atoms with Crippen LogP contribution in [0.2, 0.25) is 0 Å². The lowest BCUT2D eigenvalue weighted by atomic mass is 9.80. The predicted octanol–water partition coefficient (Wildman–Crippen LogP) is 2.55. The third-order valence-electron chi connectivity index (χ3n) is 3.74. The van der Waals surface area contributed by atoms with E-state index in [4.69, 9.17) is 5.73 Å². The number of carbonyl (C=O) groups is 1. The van der Waals surface area contributed by atoms with Gasteiger partial charge >= 0.3 is 0 Å². The molecule has 1 aromatic rings. The second kappa shape index (κ2) is 6.44. The molecule has 1 amide bonds. The van der Waals surface area contributed by atoms with Crippen molar-refractivity contribution in [2.24, 2.45) is 5.73 Å². The second-order valence-corrected chi connectivity index (χ2v) is 6.50. The number of benzene rings is 1. The van der Waals surface area contributed by atoms with Crippen molar-refractivity contribution in [1.82, 2.24) is 5.32 Å². The first-order valence-corrected chi connectivity index (χ1v) is 7.81. The summed E-state index contributed by atoms with van der Waals surface area (Å²) in [4.78, 5) is 13.1. The average Bonchev–Trinajstić information content (AvgIpc) is 2.40. The van der Waals surface area contributed by atoms with Crippen molar-refractivity contribution < 1.29 is 4.79 Å².